The van der Waals surface area contributed by atoms with E-state index in [0.717, 1.165) is 24.1 Å². The lowest BCUT2D eigenvalue weighted by Crippen LogP contribution is -2.31. The van der Waals surface area contributed by atoms with Crippen LogP contribution in [0.25, 0.3) is 0 Å². The number of carbonyl (C=O) groups excluding carboxylic acids is 1. The zero-order valence-electron chi connectivity index (χ0n) is 18.0. The minimum atomic E-state index is -0.274. The van der Waals surface area contributed by atoms with Crippen molar-refractivity contribution in [2.24, 2.45) is 5.41 Å². The van der Waals surface area contributed by atoms with Gasteiger partial charge in [0.2, 0.25) is 5.91 Å². The van der Waals surface area contributed by atoms with Gasteiger partial charge in [0.25, 0.3) is 0 Å². The normalized spacial score (nSPS) is 17.7. The number of phenolic OH excluding ortho intramolecular Hbond substituents is 1. The van der Waals surface area contributed by atoms with E-state index in [9.17, 15) is 9.90 Å². The molecule has 0 fully saturated rings. The second-order valence-corrected chi connectivity index (χ2v) is 8.10. The molecule has 1 aliphatic heterocycles. The fourth-order valence-electron chi connectivity index (χ4n) is 3.28. The summed E-state index contributed by atoms with van der Waals surface area (Å²) >= 11 is 0. The summed E-state index contributed by atoms with van der Waals surface area (Å²) in [6.45, 7) is 11.6. The molecule has 154 valence electrons. The fraction of sp³-hybridized carbons (Fsp3) is 0.320. The first-order valence-electron chi connectivity index (χ1n) is 9.94. The van der Waals surface area contributed by atoms with E-state index < -0.39 is 0 Å². The van der Waals surface area contributed by atoms with Gasteiger partial charge in [-0.05, 0) is 55.9 Å². The highest BCUT2D eigenvalue weighted by Gasteiger charge is 2.26. The monoisotopic (exact) mass is 392 g/mol. The minimum Gasteiger partial charge on any atom is -0.506 e. The molecule has 4 heteroatoms. The smallest absolute Gasteiger partial charge is 0.248 e. The SMILES string of the molecule is CC1=C(/C=C/C(C)=C/C=C/C(C)=C/C(=O)Nc2ccccc2O)C(C)(C)CCN1. The number of hydrogen-bond donors (Lipinski definition) is 3. The lowest BCUT2D eigenvalue weighted by molar-refractivity contribution is -0.112. The summed E-state index contributed by atoms with van der Waals surface area (Å²) in [6, 6.07) is 6.66. The third kappa shape index (κ3) is 6.83. The van der Waals surface area contributed by atoms with Crippen LogP contribution in [0.1, 0.15) is 41.0 Å². The van der Waals surface area contributed by atoms with Crippen molar-refractivity contribution in [3.8, 4) is 5.75 Å². The molecular formula is C25H32N2O2. The predicted octanol–water partition coefficient (Wildman–Crippen LogP) is 5.63. The quantitative estimate of drug-likeness (QED) is 0.334. The first-order chi connectivity index (χ1) is 13.7. The van der Waals surface area contributed by atoms with Crippen LogP contribution in [0.4, 0.5) is 5.69 Å². The lowest BCUT2D eigenvalue weighted by atomic mass is 9.77. The van der Waals surface area contributed by atoms with Gasteiger partial charge < -0.3 is 15.7 Å². The number of phenols is 1. The van der Waals surface area contributed by atoms with Gasteiger partial charge in [0.15, 0.2) is 0 Å². The number of para-hydroxylation sites is 2. The summed E-state index contributed by atoms with van der Waals surface area (Å²) in [5.74, 6) is -0.224. The van der Waals surface area contributed by atoms with Crippen LogP contribution in [0.3, 0.4) is 0 Å². The first-order valence-corrected chi connectivity index (χ1v) is 9.94. The number of allylic oxidation sites excluding steroid dienone is 9. The summed E-state index contributed by atoms with van der Waals surface area (Å²) in [7, 11) is 0. The van der Waals surface area contributed by atoms with Crippen molar-refractivity contribution in [3.05, 3.63) is 83.1 Å². The molecule has 3 N–H and O–H groups in total. The van der Waals surface area contributed by atoms with Gasteiger partial charge in [-0.15, -0.1) is 0 Å². The molecule has 0 bridgehead atoms. The number of hydrogen-bond acceptors (Lipinski definition) is 3. The third-order valence-electron chi connectivity index (χ3n) is 5.03. The van der Waals surface area contributed by atoms with E-state index in [-0.39, 0.29) is 17.1 Å². The van der Waals surface area contributed by atoms with Crippen LogP contribution in [0.2, 0.25) is 0 Å². The van der Waals surface area contributed by atoms with Crippen molar-refractivity contribution in [2.45, 2.75) is 41.0 Å². The van der Waals surface area contributed by atoms with Gasteiger partial charge in [-0.3, -0.25) is 4.79 Å². The van der Waals surface area contributed by atoms with E-state index in [2.05, 4.69) is 50.5 Å². The Bertz CT molecular complexity index is 899. The molecule has 0 aromatic heterocycles. The molecule has 1 aromatic rings. The van der Waals surface area contributed by atoms with E-state index in [4.69, 9.17) is 0 Å². The third-order valence-corrected chi connectivity index (χ3v) is 5.03. The summed E-state index contributed by atoms with van der Waals surface area (Å²) in [5, 5.41) is 15.8. The highest BCUT2D eigenvalue weighted by molar-refractivity contribution is 6.00. The maximum atomic E-state index is 12.1. The maximum absolute atomic E-state index is 12.1. The molecule has 0 atom stereocenters. The molecule has 0 spiro atoms. The fourth-order valence-corrected chi connectivity index (χ4v) is 3.28. The Morgan fingerprint density at radius 1 is 1.17 bits per heavy atom. The van der Waals surface area contributed by atoms with Crippen LogP contribution >= 0.6 is 0 Å². The van der Waals surface area contributed by atoms with Gasteiger partial charge >= 0.3 is 0 Å². The van der Waals surface area contributed by atoms with Gasteiger partial charge in [0.1, 0.15) is 5.75 Å². The molecule has 29 heavy (non-hydrogen) atoms. The highest BCUT2D eigenvalue weighted by atomic mass is 16.3. The number of carbonyl (C=O) groups is 1. The molecular weight excluding hydrogens is 360 g/mol. The maximum Gasteiger partial charge on any atom is 0.248 e. The number of nitrogens with one attached hydrogen (secondary N) is 2. The molecule has 0 saturated carbocycles. The average Bonchev–Trinajstić information content (AvgIpc) is 2.62. The number of amides is 1. The second kappa shape index (κ2) is 9.97. The Hall–Kier alpha value is -3.01. The van der Waals surface area contributed by atoms with E-state index >= 15 is 0 Å². The van der Waals surface area contributed by atoms with Gasteiger partial charge in [0.05, 0.1) is 5.69 Å². The van der Waals surface area contributed by atoms with Crippen molar-refractivity contribution >= 4 is 11.6 Å². The van der Waals surface area contributed by atoms with Gasteiger partial charge in [-0.2, -0.15) is 0 Å². The Kier molecular flexibility index (Phi) is 7.66. The highest BCUT2D eigenvalue weighted by Crippen LogP contribution is 2.35. The van der Waals surface area contributed by atoms with Crippen molar-refractivity contribution in [1.29, 1.82) is 0 Å². The molecule has 2 rings (SSSR count). The Morgan fingerprint density at radius 3 is 2.59 bits per heavy atom. The minimum absolute atomic E-state index is 0.0504. The average molecular weight is 393 g/mol. The van der Waals surface area contributed by atoms with E-state index in [1.54, 1.807) is 18.2 Å². The van der Waals surface area contributed by atoms with Crippen LogP contribution in [-0.4, -0.2) is 17.6 Å². The Balaban J connectivity index is 1.98. The van der Waals surface area contributed by atoms with Crippen LogP contribution in [0, 0.1) is 5.41 Å². The van der Waals surface area contributed by atoms with Crippen LogP contribution < -0.4 is 10.6 Å². The predicted molar refractivity (Wildman–Crippen MR) is 122 cm³/mol. The molecule has 0 saturated heterocycles. The second-order valence-electron chi connectivity index (χ2n) is 8.10. The van der Waals surface area contributed by atoms with Crippen LogP contribution in [0.15, 0.2) is 83.1 Å². The topological polar surface area (TPSA) is 61.4 Å². The molecule has 0 radical (unpaired) electrons. The van der Waals surface area contributed by atoms with E-state index in [1.807, 2.05) is 25.2 Å². The van der Waals surface area contributed by atoms with E-state index in [1.165, 1.54) is 23.4 Å². The number of anilines is 1. The van der Waals surface area contributed by atoms with Gasteiger partial charge in [-0.1, -0.05) is 61.9 Å². The Morgan fingerprint density at radius 2 is 1.90 bits per heavy atom. The summed E-state index contributed by atoms with van der Waals surface area (Å²) in [5.41, 5.74) is 5.13. The zero-order valence-corrected chi connectivity index (χ0v) is 18.0. The molecule has 0 unspecified atom stereocenters. The summed E-state index contributed by atoms with van der Waals surface area (Å²) < 4.78 is 0. The zero-order chi connectivity index (χ0) is 21.4. The molecule has 1 aliphatic rings. The van der Waals surface area contributed by atoms with Crippen LogP contribution in [0.5, 0.6) is 5.75 Å². The van der Waals surface area contributed by atoms with Gasteiger partial charge in [0, 0.05) is 18.3 Å². The summed E-state index contributed by atoms with van der Waals surface area (Å²) in [6.07, 6.45) is 12.8. The van der Waals surface area contributed by atoms with Crippen molar-refractivity contribution in [3.63, 3.8) is 0 Å². The van der Waals surface area contributed by atoms with Crippen LogP contribution in [-0.2, 0) is 4.79 Å². The van der Waals surface area contributed by atoms with Crippen molar-refractivity contribution in [2.75, 3.05) is 11.9 Å². The molecule has 4 nitrogen and oxygen atoms in total. The van der Waals surface area contributed by atoms with Gasteiger partial charge in [-0.25, -0.2) is 0 Å². The van der Waals surface area contributed by atoms with E-state index in [0.29, 0.717) is 5.69 Å². The largest absolute Gasteiger partial charge is 0.506 e. The number of benzene rings is 1. The number of aromatic hydroxyl groups is 1. The molecule has 1 heterocycles. The lowest BCUT2D eigenvalue weighted by Gasteiger charge is -2.33. The molecule has 0 aliphatic carbocycles. The summed E-state index contributed by atoms with van der Waals surface area (Å²) in [4.78, 5) is 12.1. The number of rotatable bonds is 6. The first kappa shape index (κ1) is 22.3. The van der Waals surface area contributed by atoms with Crippen molar-refractivity contribution < 1.29 is 9.90 Å². The Labute approximate surface area is 174 Å². The van der Waals surface area contributed by atoms with Crippen molar-refractivity contribution in [1.82, 2.24) is 5.32 Å². The molecule has 1 amide bonds. The standard InChI is InChI=1S/C25H32N2O2/c1-18(13-14-21-20(3)26-16-15-25(21,4)5)9-8-10-19(2)17-24(29)27-22-11-6-7-12-23(22)28/h6-14,17,26,28H,15-16H2,1-5H3,(H,27,29)/b10-8+,14-13+,18-9+,19-17+. The molecule has 1 aromatic carbocycles.